The highest BCUT2D eigenvalue weighted by Crippen LogP contribution is 2.30. The molecule has 4 nitrogen and oxygen atoms in total. The number of nitrogens with zero attached hydrogens (tertiary/aromatic N) is 2. The molecule has 1 fully saturated rings. The molecule has 0 radical (unpaired) electrons. The summed E-state index contributed by atoms with van der Waals surface area (Å²) in [6, 6.07) is 11.3. The topological polar surface area (TPSA) is 42.4 Å². The molecule has 1 aromatic carbocycles. The molecule has 134 valence electrons. The number of ether oxygens (including phenoxy) is 1. The van der Waals surface area contributed by atoms with Gasteiger partial charge >= 0.3 is 0 Å². The van der Waals surface area contributed by atoms with Gasteiger partial charge in [0.05, 0.1) is 23.2 Å². The molecule has 1 unspecified atom stereocenters. The molecule has 0 saturated carbocycles. The second kappa shape index (κ2) is 7.88. The maximum absolute atomic E-state index is 13.0. The first-order chi connectivity index (χ1) is 12.7. The van der Waals surface area contributed by atoms with Gasteiger partial charge in [0.25, 0.3) is 5.91 Å². The zero-order valence-electron chi connectivity index (χ0n) is 13.9. The van der Waals surface area contributed by atoms with Crippen molar-refractivity contribution < 1.29 is 9.53 Å². The molecule has 1 atom stereocenters. The summed E-state index contributed by atoms with van der Waals surface area (Å²) in [5.41, 5.74) is 1.83. The Bertz CT molecular complexity index is 871. The maximum atomic E-state index is 13.0. The molecule has 4 rings (SSSR count). The summed E-state index contributed by atoms with van der Waals surface area (Å²) in [5, 5.41) is 5.28. The summed E-state index contributed by atoms with van der Waals surface area (Å²) in [4.78, 5) is 20.2. The van der Waals surface area contributed by atoms with Crippen LogP contribution in [0.1, 0.15) is 22.5 Å². The van der Waals surface area contributed by atoms with Crippen LogP contribution < -0.4 is 4.90 Å². The fourth-order valence-corrected chi connectivity index (χ4v) is 4.55. The Hall–Kier alpha value is -1.73. The van der Waals surface area contributed by atoms with Crippen LogP contribution in [0.15, 0.2) is 47.2 Å². The Morgan fingerprint density at radius 3 is 2.81 bits per heavy atom. The van der Waals surface area contributed by atoms with Crippen LogP contribution >= 0.6 is 34.3 Å². The number of halogens is 1. The molecule has 1 aliphatic rings. The van der Waals surface area contributed by atoms with E-state index in [0.29, 0.717) is 21.6 Å². The number of aromatic nitrogens is 1. The predicted octanol–water partition coefficient (Wildman–Crippen LogP) is 5.35. The van der Waals surface area contributed by atoms with Gasteiger partial charge in [0.2, 0.25) is 0 Å². The third kappa shape index (κ3) is 3.83. The van der Waals surface area contributed by atoms with Crippen LogP contribution in [0.2, 0.25) is 5.02 Å². The second-order valence-corrected chi connectivity index (χ2v) is 8.27. The van der Waals surface area contributed by atoms with E-state index in [1.165, 1.54) is 22.7 Å². The normalized spacial score (nSPS) is 16.7. The fraction of sp³-hybridized carbons (Fsp3) is 0.263. The Morgan fingerprint density at radius 1 is 1.27 bits per heavy atom. The first kappa shape index (κ1) is 17.7. The van der Waals surface area contributed by atoms with E-state index in [1.807, 2.05) is 47.2 Å². The minimum Gasteiger partial charge on any atom is -0.376 e. The van der Waals surface area contributed by atoms with Gasteiger partial charge in [-0.05, 0) is 36.4 Å². The number of thiazole rings is 1. The Balaban J connectivity index is 1.62. The average Bonchev–Trinajstić information content (AvgIpc) is 3.42. The van der Waals surface area contributed by atoms with Crippen molar-refractivity contribution in [2.45, 2.75) is 18.9 Å². The molecule has 26 heavy (non-hydrogen) atoms. The van der Waals surface area contributed by atoms with Crippen LogP contribution in [0.3, 0.4) is 0 Å². The first-order valence-electron chi connectivity index (χ1n) is 8.39. The summed E-state index contributed by atoms with van der Waals surface area (Å²) in [5.74, 6) is -0.0208. The Labute approximate surface area is 165 Å². The Morgan fingerprint density at radius 2 is 2.12 bits per heavy atom. The molecular formula is C19H17ClN2O2S2. The smallest absolute Gasteiger partial charge is 0.270 e. The molecule has 0 aliphatic carbocycles. The zero-order chi connectivity index (χ0) is 17.9. The van der Waals surface area contributed by atoms with Gasteiger partial charge in [0.15, 0.2) is 5.13 Å². The molecule has 1 amide bonds. The third-order valence-corrected chi connectivity index (χ3v) is 6.22. The minimum atomic E-state index is -0.0208. The van der Waals surface area contributed by atoms with Gasteiger partial charge in [-0.1, -0.05) is 29.8 Å². The summed E-state index contributed by atoms with van der Waals surface area (Å²) < 4.78 is 5.75. The number of anilines is 1. The lowest BCUT2D eigenvalue weighted by atomic mass is 10.2. The van der Waals surface area contributed by atoms with Crippen molar-refractivity contribution in [3.05, 3.63) is 57.1 Å². The molecule has 0 spiro atoms. The summed E-state index contributed by atoms with van der Waals surface area (Å²) in [6.45, 7) is 1.30. The van der Waals surface area contributed by atoms with Gasteiger partial charge in [-0.25, -0.2) is 4.98 Å². The molecule has 1 aliphatic heterocycles. The molecular weight excluding hydrogens is 388 g/mol. The number of thiophene rings is 1. The van der Waals surface area contributed by atoms with E-state index in [0.717, 1.165) is 30.7 Å². The molecule has 0 bridgehead atoms. The maximum Gasteiger partial charge on any atom is 0.270 e. The van der Waals surface area contributed by atoms with E-state index >= 15 is 0 Å². The second-order valence-electron chi connectivity index (χ2n) is 6.05. The van der Waals surface area contributed by atoms with Gasteiger partial charge in [-0.2, -0.15) is 0 Å². The number of rotatable bonds is 5. The molecule has 0 N–H and O–H groups in total. The molecule has 3 heterocycles. The number of carbonyl (C=O) groups is 1. The van der Waals surface area contributed by atoms with Gasteiger partial charge < -0.3 is 4.74 Å². The lowest BCUT2D eigenvalue weighted by Crippen LogP contribution is -2.37. The molecule has 2 aromatic heterocycles. The van der Waals surface area contributed by atoms with E-state index in [4.69, 9.17) is 21.3 Å². The van der Waals surface area contributed by atoms with Crippen LogP contribution in [0, 0.1) is 0 Å². The number of carbonyl (C=O) groups excluding carboxylic acids is 1. The molecule has 3 aromatic rings. The zero-order valence-corrected chi connectivity index (χ0v) is 16.3. The minimum absolute atomic E-state index is 0.0208. The third-order valence-electron chi connectivity index (χ3n) is 4.25. The van der Waals surface area contributed by atoms with Crippen LogP contribution in [0.4, 0.5) is 5.13 Å². The van der Waals surface area contributed by atoms with E-state index in [2.05, 4.69) is 0 Å². The van der Waals surface area contributed by atoms with E-state index in [1.54, 1.807) is 4.90 Å². The molecule has 7 heteroatoms. The van der Waals surface area contributed by atoms with E-state index in [-0.39, 0.29) is 12.0 Å². The van der Waals surface area contributed by atoms with E-state index < -0.39 is 0 Å². The molecule has 1 saturated heterocycles. The lowest BCUT2D eigenvalue weighted by molar-refractivity contribution is 0.0920. The summed E-state index contributed by atoms with van der Waals surface area (Å²) in [6.07, 6.45) is 2.09. The summed E-state index contributed by atoms with van der Waals surface area (Å²) >= 11 is 8.89. The standard InChI is InChI=1S/C19H17ClN2O2S2/c20-14-7-5-13(6-8-14)16-12-26-19(21-16)22(11-15-3-1-9-24-15)18(23)17-4-2-10-25-17/h2,4-8,10,12,15H,1,3,9,11H2. The van der Waals surface area contributed by atoms with Crippen LogP contribution in [0.5, 0.6) is 0 Å². The van der Waals surface area contributed by atoms with E-state index in [9.17, 15) is 4.79 Å². The van der Waals surface area contributed by atoms with Crippen molar-refractivity contribution in [2.75, 3.05) is 18.1 Å². The van der Waals surface area contributed by atoms with Gasteiger partial charge in [0, 0.05) is 22.6 Å². The van der Waals surface area contributed by atoms with Crippen molar-refractivity contribution in [2.24, 2.45) is 0 Å². The van der Waals surface area contributed by atoms with Gasteiger partial charge in [-0.15, -0.1) is 22.7 Å². The summed E-state index contributed by atoms with van der Waals surface area (Å²) in [7, 11) is 0. The highest BCUT2D eigenvalue weighted by atomic mass is 35.5. The lowest BCUT2D eigenvalue weighted by Gasteiger charge is -2.22. The highest BCUT2D eigenvalue weighted by molar-refractivity contribution is 7.14. The quantitative estimate of drug-likeness (QED) is 0.575. The average molecular weight is 405 g/mol. The largest absolute Gasteiger partial charge is 0.376 e. The predicted molar refractivity (Wildman–Crippen MR) is 108 cm³/mol. The van der Waals surface area contributed by atoms with Crippen molar-refractivity contribution in [1.82, 2.24) is 4.98 Å². The number of amides is 1. The number of hydrogen-bond donors (Lipinski definition) is 0. The van der Waals surface area contributed by atoms with Crippen molar-refractivity contribution in [3.8, 4) is 11.3 Å². The highest BCUT2D eigenvalue weighted by Gasteiger charge is 2.27. The SMILES string of the molecule is O=C(c1cccs1)N(CC1CCCO1)c1nc(-c2ccc(Cl)cc2)cs1. The van der Waals surface area contributed by atoms with Crippen LogP contribution in [-0.4, -0.2) is 30.1 Å². The fourth-order valence-electron chi connectivity index (χ4n) is 2.91. The number of benzene rings is 1. The first-order valence-corrected chi connectivity index (χ1v) is 10.5. The van der Waals surface area contributed by atoms with Gasteiger partial charge in [-0.3, -0.25) is 9.69 Å². The number of hydrogen-bond acceptors (Lipinski definition) is 5. The van der Waals surface area contributed by atoms with Crippen LogP contribution in [0.25, 0.3) is 11.3 Å². The van der Waals surface area contributed by atoms with Crippen LogP contribution in [-0.2, 0) is 4.74 Å². The van der Waals surface area contributed by atoms with Crippen molar-refractivity contribution in [3.63, 3.8) is 0 Å². The monoisotopic (exact) mass is 404 g/mol. The van der Waals surface area contributed by atoms with Crippen molar-refractivity contribution >= 4 is 45.3 Å². The van der Waals surface area contributed by atoms with Gasteiger partial charge in [0.1, 0.15) is 0 Å². The van der Waals surface area contributed by atoms with Crippen molar-refractivity contribution in [1.29, 1.82) is 0 Å². The Kier molecular flexibility index (Phi) is 5.36.